The van der Waals surface area contributed by atoms with Gasteiger partial charge in [0.2, 0.25) is 0 Å². The van der Waals surface area contributed by atoms with E-state index in [0.717, 1.165) is 4.90 Å². The van der Waals surface area contributed by atoms with Crippen LogP contribution in [0.1, 0.15) is 5.82 Å². The predicted octanol–water partition coefficient (Wildman–Crippen LogP) is 3.73. The first-order valence-electron chi connectivity index (χ1n) is 6.11. The van der Waals surface area contributed by atoms with E-state index in [2.05, 4.69) is 10.1 Å². The molecule has 1 N–H and O–H groups in total. The molecule has 0 aliphatic heterocycles. The van der Waals surface area contributed by atoms with Crippen molar-refractivity contribution in [2.24, 2.45) is 0 Å². The Labute approximate surface area is 120 Å². The minimum absolute atomic E-state index is 0.181. The molecule has 0 saturated carbocycles. The van der Waals surface area contributed by atoms with Gasteiger partial charge in [0.25, 0.3) is 5.89 Å². The Bertz CT molecular complexity index is 698. The fourth-order valence-electron chi connectivity index (χ4n) is 1.73. The van der Waals surface area contributed by atoms with E-state index >= 15 is 0 Å². The maximum Gasteiger partial charge on any atom is 0.258 e. The normalized spacial score (nSPS) is 10.6. The summed E-state index contributed by atoms with van der Waals surface area (Å²) in [6.45, 7) is 0. The van der Waals surface area contributed by atoms with Crippen molar-refractivity contribution in [2.45, 2.75) is 10.6 Å². The van der Waals surface area contributed by atoms with Gasteiger partial charge < -0.3 is 9.63 Å². The van der Waals surface area contributed by atoms with Crippen molar-refractivity contribution < 1.29 is 9.63 Å². The lowest BCUT2D eigenvalue weighted by molar-refractivity contribution is 0.424. The average Bonchev–Trinajstić information content (AvgIpc) is 2.95. The van der Waals surface area contributed by atoms with Gasteiger partial charge in [-0.15, -0.1) is 11.8 Å². The van der Waals surface area contributed by atoms with E-state index in [0.29, 0.717) is 23.0 Å². The number of hydrogen-bond donors (Lipinski definition) is 1. The molecule has 2 aromatic carbocycles. The van der Waals surface area contributed by atoms with Crippen molar-refractivity contribution in [1.82, 2.24) is 10.1 Å². The quantitative estimate of drug-likeness (QED) is 0.740. The van der Waals surface area contributed by atoms with Crippen LogP contribution in [0, 0.1) is 0 Å². The van der Waals surface area contributed by atoms with Gasteiger partial charge in [0.05, 0.1) is 5.75 Å². The summed E-state index contributed by atoms with van der Waals surface area (Å²) in [7, 11) is 0. The van der Waals surface area contributed by atoms with Crippen molar-refractivity contribution in [3.05, 3.63) is 60.4 Å². The van der Waals surface area contributed by atoms with E-state index in [4.69, 9.17) is 4.52 Å². The molecular weight excluding hydrogens is 272 g/mol. The third kappa shape index (κ3) is 3.00. The molecule has 3 aromatic rings. The largest absolute Gasteiger partial charge is 0.508 e. The summed E-state index contributed by atoms with van der Waals surface area (Å²) in [5.74, 6) is 1.88. The van der Waals surface area contributed by atoms with Crippen LogP contribution in [0.15, 0.2) is 64.0 Å². The first kappa shape index (κ1) is 12.7. The summed E-state index contributed by atoms with van der Waals surface area (Å²) in [6.07, 6.45) is 0. The van der Waals surface area contributed by atoms with Gasteiger partial charge in [-0.3, -0.25) is 0 Å². The second-order valence-corrected chi connectivity index (χ2v) is 5.22. The zero-order valence-corrected chi connectivity index (χ0v) is 11.4. The van der Waals surface area contributed by atoms with Gasteiger partial charge in [-0.1, -0.05) is 29.4 Å². The Hall–Kier alpha value is -2.27. The van der Waals surface area contributed by atoms with Gasteiger partial charge in [0.15, 0.2) is 5.82 Å². The van der Waals surface area contributed by atoms with Crippen LogP contribution in [0.2, 0.25) is 0 Å². The molecule has 0 unspecified atom stereocenters. The Morgan fingerprint density at radius 1 is 1.05 bits per heavy atom. The molecule has 0 aliphatic carbocycles. The van der Waals surface area contributed by atoms with Crippen LogP contribution >= 0.6 is 11.8 Å². The summed E-state index contributed by atoms with van der Waals surface area (Å²) in [5.41, 5.74) is 0.716. The molecule has 4 nitrogen and oxygen atoms in total. The highest BCUT2D eigenvalue weighted by atomic mass is 32.2. The van der Waals surface area contributed by atoms with E-state index in [9.17, 15) is 5.11 Å². The van der Waals surface area contributed by atoms with Gasteiger partial charge in [-0.25, -0.2) is 0 Å². The molecule has 0 amide bonds. The number of phenolic OH excluding ortho intramolecular Hbond substituents is 1. The monoisotopic (exact) mass is 284 g/mol. The van der Waals surface area contributed by atoms with E-state index in [1.807, 2.05) is 36.4 Å². The summed E-state index contributed by atoms with van der Waals surface area (Å²) >= 11 is 1.65. The first-order chi connectivity index (χ1) is 9.81. The van der Waals surface area contributed by atoms with E-state index in [-0.39, 0.29) is 5.75 Å². The number of nitrogens with zero attached hydrogens (tertiary/aromatic N) is 2. The number of aromatic nitrogens is 2. The number of hydrogen-bond acceptors (Lipinski definition) is 5. The lowest BCUT2D eigenvalue weighted by Crippen LogP contribution is -1.84. The second-order valence-electron chi connectivity index (χ2n) is 4.17. The second kappa shape index (κ2) is 5.79. The molecule has 20 heavy (non-hydrogen) atoms. The number of rotatable bonds is 4. The molecular formula is C15H12N2O2S. The average molecular weight is 284 g/mol. The van der Waals surface area contributed by atoms with Crippen molar-refractivity contribution >= 4 is 11.8 Å². The van der Waals surface area contributed by atoms with Gasteiger partial charge in [0, 0.05) is 10.5 Å². The molecule has 0 atom stereocenters. The third-order valence-electron chi connectivity index (χ3n) is 2.67. The highest BCUT2D eigenvalue weighted by molar-refractivity contribution is 7.98. The number of phenols is 1. The zero-order valence-electron chi connectivity index (χ0n) is 10.6. The van der Waals surface area contributed by atoms with E-state index in [1.165, 1.54) is 0 Å². The molecule has 1 heterocycles. The Morgan fingerprint density at radius 2 is 1.90 bits per heavy atom. The molecule has 5 heteroatoms. The van der Waals surface area contributed by atoms with Crippen LogP contribution in [0.5, 0.6) is 5.75 Å². The Morgan fingerprint density at radius 3 is 2.70 bits per heavy atom. The molecule has 0 spiro atoms. The zero-order chi connectivity index (χ0) is 13.8. The fraction of sp³-hybridized carbons (Fsp3) is 0.0667. The topological polar surface area (TPSA) is 59.2 Å². The van der Waals surface area contributed by atoms with Crippen LogP contribution < -0.4 is 0 Å². The molecule has 0 aliphatic rings. The molecule has 0 radical (unpaired) electrons. The molecule has 0 bridgehead atoms. The SMILES string of the molecule is Oc1cccc(-c2nc(CSc3ccccc3)no2)c1. The molecule has 3 rings (SSSR count). The summed E-state index contributed by atoms with van der Waals surface area (Å²) in [5, 5.41) is 13.4. The summed E-state index contributed by atoms with van der Waals surface area (Å²) in [4.78, 5) is 5.49. The van der Waals surface area contributed by atoms with Gasteiger partial charge in [-0.05, 0) is 30.3 Å². The van der Waals surface area contributed by atoms with E-state index < -0.39 is 0 Å². The van der Waals surface area contributed by atoms with Gasteiger partial charge in [0.1, 0.15) is 5.75 Å². The minimum Gasteiger partial charge on any atom is -0.508 e. The first-order valence-corrected chi connectivity index (χ1v) is 7.10. The highest BCUT2D eigenvalue weighted by Crippen LogP contribution is 2.24. The van der Waals surface area contributed by atoms with Gasteiger partial charge in [-0.2, -0.15) is 4.98 Å². The summed E-state index contributed by atoms with van der Waals surface area (Å²) in [6, 6.07) is 16.8. The minimum atomic E-state index is 0.181. The maximum absolute atomic E-state index is 9.44. The maximum atomic E-state index is 9.44. The van der Waals surface area contributed by atoms with Crippen molar-refractivity contribution in [3.8, 4) is 17.2 Å². The highest BCUT2D eigenvalue weighted by Gasteiger charge is 2.09. The van der Waals surface area contributed by atoms with Crippen LogP contribution in [-0.4, -0.2) is 15.2 Å². The van der Waals surface area contributed by atoms with E-state index in [1.54, 1.807) is 30.0 Å². The van der Waals surface area contributed by atoms with Crippen LogP contribution in [0.25, 0.3) is 11.5 Å². The van der Waals surface area contributed by atoms with Crippen LogP contribution in [-0.2, 0) is 5.75 Å². The van der Waals surface area contributed by atoms with Crippen molar-refractivity contribution in [1.29, 1.82) is 0 Å². The van der Waals surface area contributed by atoms with Crippen LogP contribution in [0.4, 0.5) is 0 Å². The van der Waals surface area contributed by atoms with Crippen molar-refractivity contribution in [2.75, 3.05) is 0 Å². The van der Waals surface area contributed by atoms with Crippen molar-refractivity contribution in [3.63, 3.8) is 0 Å². The number of thioether (sulfide) groups is 1. The summed E-state index contributed by atoms with van der Waals surface area (Å²) < 4.78 is 5.21. The molecule has 1 aromatic heterocycles. The third-order valence-corrected chi connectivity index (χ3v) is 3.68. The number of aromatic hydroxyl groups is 1. The Balaban J connectivity index is 1.71. The molecule has 0 fully saturated rings. The van der Waals surface area contributed by atoms with Crippen LogP contribution in [0.3, 0.4) is 0 Å². The lowest BCUT2D eigenvalue weighted by atomic mass is 10.2. The molecule has 0 saturated heterocycles. The fourth-order valence-corrected chi connectivity index (χ4v) is 2.50. The predicted molar refractivity (Wildman–Crippen MR) is 77.4 cm³/mol. The standard InChI is InChI=1S/C15H12N2O2S/c18-12-6-4-5-11(9-12)15-16-14(17-19-15)10-20-13-7-2-1-3-8-13/h1-9,18H,10H2. The lowest BCUT2D eigenvalue weighted by Gasteiger charge is -1.96. The Kier molecular flexibility index (Phi) is 3.69. The molecule has 100 valence electrons. The smallest absolute Gasteiger partial charge is 0.258 e. The number of benzene rings is 2. The van der Waals surface area contributed by atoms with Gasteiger partial charge >= 0.3 is 0 Å².